The predicted molar refractivity (Wildman–Crippen MR) is 59.2 cm³/mol. The Kier molecular flexibility index (Phi) is 2.54. The van der Waals surface area contributed by atoms with Gasteiger partial charge in [0.15, 0.2) is 5.76 Å². The number of nitrogens with one attached hydrogen (secondary N) is 1. The second kappa shape index (κ2) is 3.84. The van der Waals surface area contributed by atoms with Crippen LogP contribution in [0.2, 0.25) is 0 Å². The van der Waals surface area contributed by atoms with E-state index in [4.69, 9.17) is 4.42 Å². The highest BCUT2D eigenvalue weighted by Gasteiger charge is 2.03. The fraction of sp³-hybridized carbons (Fsp3) is 0.100. The molecule has 1 aromatic carbocycles. The highest BCUT2D eigenvalue weighted by Crippen LogP contribution is 2.23. The lowest BCUT2D eigenvalue weighted by molar-refractivity contribution is 0.589. The lowest BCUT2D eigenvalue weighted by atomic mass is 10.2. The van der Waals surface area contributed by atoms with Crippen molar-refractivity contribution in [1.29, 1.82) is 0 Å². The minimum atomic E-state index is 0.530. The number of anilines is 1. The average molecular weight is 253 g/mol. The first-order chi connectivity index (χ1) is 6.79. The molecule has 0 amide bonds. The Hall–Kier alpha value is -1.29. The van der Waals surface area contributed by atoms with Gasteiger partial charge in [-0.15, -0.1) is 0 Å². The summed E-state index contributed by atoms with van der Waals surface area (Å²) in [5, 5.41) is 2.84. The molecule has 1 aromatic heterocycles. The molecule has 1 heterocycles. The van der Waals surface area contributed by atoms with Crippen LogP contribution in [0, 0.1) is 0 Å². The standard InChI is InChI=1S/C10H9BrN2O/c1-12-10-13-6-9(14-10)7-2-4-8(11)5-3-7/h2-6H,1H3,(H,12,13). The summed E-state index contributed by atoms with van der Waals surface area (Å²) in [6.07, 6.45) is 1.70. The van der Waals surface area contributed by atoms with Crippen LogP contribution < -0.4 is 5.32 Å². The van der Waals surface area contributed by atoms with E-state index < -0.39 is 0 Å². The first kappa shape index (κ1) is 9.27. The van der Waals surface area contributed by atoms with Gasteiger partial charge in [0.25, 0.3) is 6.01 Å². The summed E-state index contributed by atoms with van der Waals surface area (Å²) < 4.78 is 6.47. The maximum absolute atomic E-state index is 5.42. The molecule has 0 saturated heterocycles. The average Bonchev–Trinajstić information content (AvgIpc) is 2.67. The zero-order chi connectivity index (χ0) is 9.97. The van der Waals surface area contributed by atoms with E-state index in [0.717, 1.165) is 15.8 Å². The smallest absolute Gasteiger partial charge is 0.294 e. The van der Waals surface area contributed by atoms with E-state index in [1.165, 1.54) is 0 Å². The van der Waals surface area contributed by atoms with Gasteiger partial charge >= 0.3 is 0 Å². The van der Waals surface area contributed by atoms with Gasteiger partial charge in [-0.1, -0.05) is 28.1 Å². The largest absolute Gasteiger partial charge is 0.424 e. The predicted octanol–water partition coefficient (Wildman–Crippen LogP) is 3.15. The molecule has 4 heteroatoms. The van der Waals surface area contributed by atoms with Crippen LogP contribution in [0.3, 0.4) is 0 Å². The molecule has 0 saturated carbocycles. The molecule has 2 rings (SSSR count). The van der Waals surface area contributed by atoms with E-state index >= 15 is 0 Å². The molecule has 0 radical (unpaired) electrons. The third-order valence-electron chi connectivity index (χ3n) is 1.85. The van der Waals surface area contributed by atoms with Crippen LogP contribution >= 0.6 is 15.9 Å². The summed E-state index contributed by atoms with van der Waals surface area (Å²) in [7, 11) is 1.77. The monoisotopic (exact) mass is 252 g/mol. The number of hydrogen-bond acceptors (Lipinski definition) is 3. The van der Waals surface area contributed by atoms with Gasteiger partial charge < -0.3 is 9.73 Å². The molecule has 0 aliphatic rings. The summed E-state index contributed by atoms with van der Waals surface area (Å²) in [4.78, 5) is 4.04. The van der Waals surface area contributed by atoms with Crippen molar-refractivity contribution in [3.05, 3.63) is 34.9 Å². The molecule has 14 heavy (non-hydrogen) atoms. The molecule has 1 N–H and O–H groups in total. The summed E-state index contributed by atoms with van der Waals surface area (Å²) in [5.74, 6) is 0.766. The fourth-order valence-electron chi connectivity index (χ4n) is 1.14. The van der Waals surface area contributed by atoms with Crippen LogP contribution in [-0.4, -0.2) is 12.0 Å². The SMILES string of the molecule is CNc1ncc(-c2ccc(Br)cc2)o1. The van der Waals surface area contributed by atoms with Crippen LogP contribution in [0.15, 0.2) is 39.4 Å². The molecule has 0 spiro atoms. The van der Waals surface area contributed by atoms with Crippen molar-refractivity contribution < 1.29 is 4.42 Å². The number of rotatable bonds is 2. The van der Waals surface area contributed by atoms with Crippen LogP contribution in [-0.2, 0) is 0 Å². The van der Waals surface area contributed by atoms with E-state index in [1.54, 1.807) is 13.2 Å². The van der Waals surface area contributed by atoms with Crippen molar-refractivity contribution in [2.24, 2.45) is 0 Å². The summed E-state index contributed by atoms with van der Waals surface area (Å²) in [6.45, 7) is 0. The number of oxazole rings is 1. The molecule has 0 unspecified atom stereocenters. The number of halogens is 1. The van der Waals surface area contributed by atoms with Gasteiger partial charge in [-0.2, -0.15) is 0 Å². The van der Waals surface area contributed by atoms with E-state index in [0.29, 0.717) is 6.01 Å². The maximum Gasteiger partial charge on any atom is 0.294 e. The van der Waals surface area contributed by atoms with Crippen molar-refractivity contribution in [1.82, 2.24) is 4.98 Å². The molecule has 0 aliphatic heterocycles. The normalized spacial score (nSPS) is 10.1. The Morgan fingerprint density at radius 2 is 2.00 bits per heavy atom. The summed E-state index contributed by atoms with van der Waals surface area (Å²) in [5.41, 5.74) is 1.02. The van der Waals surface area contributed by atoms with Crippen LogP contribution in [0.1, 0.15) is 0 Å². The molecule has 3 nitrogen and oxygen atoms in total. The zero-order valence-corrected chi connectivity index (χ0v) is 9.21. The first-order valence-electron chi connectivity index (χ1n) is 4.19. The minimum absolute atomic E-state index is 0.530. The van der Waals surface area contributed by atoms with E-state index in [2.05, 4.69) is 26.2 Å². The molecule has 0 aliphatic carbocycles. The number of aromatic nitrogens is 1. The van der Waals surface area contributed by atoms with Crippen molar-refractivity contribution in [3.8, 4) is 11.3 Å². The second-order valence-corrected chi connectivity index (χ2v) is 3.70. The molecular weight excluding hydrogens is 244 g/mol. The van der Waals surface area contributed by atoms with Gasteiger partial charge in [-0.25, -0.2) is 4.98 Å². The third kappa shape index (κ3) is 1.80. The van der Waals surface area contributed by atoms with Crippen molar-refractivity contribution >= 4 is 21.9 Å². The van der Waals surface area contributed by atoms with Gasteiger partial charge in [-0.05, 0) is 12.1 Å². The van der Waals surface area contributed by atoms with Gasteiger partial charge in [0.2, 0.25) is 0 Å². The molecule has 0 atom stereocenters. The first-order valence-corrected chi connectivity index (χ1v) is 4.98. The Morgan fingerprint density at radius 3 is 2.57 bits per heavy atom. The summed E-state index contributed by atoms with van der Waals surface area (Å²) >= 11 is 3.38. The zero-order valence-electron chi connectivity index (χ0n) is 7.62. The lowest BCUT2D eigenvalue weighted by Crippen LogP contribution is -1.84. The van der Waals surface area contributed by atoms with Crippen LogP contribution in [0.25, 0.3) is 11.3 Å². The maximum atomic E-state index is 5.42. The van der Waals surface area contributed by atoms with E-state index in [1.807, 2.05) is 24.3 Å². The Bertz CT molecular complexity index is 422. The third-order valence-corrected chi connectivity index (χ3v) is 2.38. The molecule has 0 fully saturated rings. The molecule has 2 aromatic rings. The van der Waals surface area contributed by atoms with Gasteiger partial charge in [0.05, 0.1) is 6.20 Å². The van der Waals surface area contributed by atoms with Crippen LogP contribution in [0.5, 0.6) is 0 Å². The summed E-state index contributed by atoms with van der Waals surface area (Å²) in [6, 6.07) is 8.42. The van der Waals surface area contributed by atoms with Gasteiger partial charge in [-0.3, -0.25) is 0 Å². The second-order valence-electron chi connectivity index (χ2n) is 2.79. The van der Waals surface area contributed by atoms with Gasteiger partial charge in [0.1, 0.15) is 0 Å². The topological polar surface area (TPSA) is 38.1 Å². The Balaban J connectivity index is 2.34. The highest BCUT2D eigenvalue weighted by molar-refractivity contribution is 9.10. The van der Waals surface area contributed by atoms with E-state index in [-0.39, 0.29) is 0 Å². The number of nitrogens with zero attached hydrogens (tertiary/aromatic N) is 1. The molecular formula is C10H9BrN2O. The van der Waals surface area contributed by atoms with Crippen molar-refractivity contribution in [2.75, 3.05) is 12.4 Å². The lowest BCUT2D eigenvalue weighted by Gasteiger charge is -1.95. The number of benzene rings is 1. The van der Waals surface area contributed by atoms with Gasteiger partial charge in [0, 0.05) is 17.1 Å². The minimum Gasteiger partial charge on any atom is -0.424 e. The number of hydrogen-bond donors (Lipinski definition) is 1. The Morgan fingerprint density at radius 1 is 1.29 bits per heavy atom. The highest BCUT2D eigenvalue weighted by atomic mass is 79.9. The molecule has 0 bridgehead atoms. The van der Waals surface area contributed by atoms with Crippen LogP contribution in [0.4, 0.5) is 6.01 Å². The quantitative estimate of drug-likeness (QED) is 0.893. The van der Waals surface area contributed by atoms with E-state index in [9.17, 15) is 0 Å². The molecule has 72 valence electrons. The van der Waals surface area contributed by atoms with Crippen molar-refractivity contribution in [3.63, 3.8) is 0 Å². The Labute approximate surface area is 90.3 Å². The fourth-order valence-corrected chi connectivity index (χ4v) is 1.40. The van der Waals surface area contributed by atoms with Crippen molar-refractivity contribution in [2.45, 2.75) is 0 Å².